The van der Waals surface area contributed by atoms with Crippen molar-refractivity contribution in [2.24, 2.45) is 0 Å². The van der Waals surface area contributed by atoms with Crippen LogP contribution in [0.1, 0.15) is 27.2 Å². The van der Waals surface area contributed by atoms with Crippen LogP contribution in [0, 0.1) is 6.92 Å². The third-order valence-corrected chi connectivity index (χ3v) is 5.05. The van der Waals surface area contributed by atoms with Crippen LogP contribution in [0.25, 0.3) is 5.65 Å². The molecule has 152 valence electrons. The van der Waals surface area contributed by atoms with E-state index in [0.717, 1.165) is 28.9 Å². The number of imidazole rings is 1. The summed E-state index contributed by atoms with van der Waals surface area (Å²) in [6, 6.07) is 18.8. The topological polar surface area (TPSA) is 55.6 Å². The molecule has 0 bridgehead atoms. The lowest BCUT2D eigenvalue weighted by atomic mass is 10.1. The fourth-order valence-electron chi connectivity index (χ4n) is 3.25. The molecular weight excluding hydrogens is 398 g/mol. The van der Waals surface area contributed by atoms with Crippen molar-refractivity contribution in [1.29, 1.82) is 0 Å². The number of benzene rings is 2. The number of fused-ring (bicyclic) bond motifs is 1. The highest BCUT2D eigenvalue weighted by Crippen LogP contribution is 2.16. The van der Waals surface area contributed by atoms with Crippen LogP contribution in [-0.2, 0) is 13.0 Å². The zero-order valence-electron chi connectivity index (χ0n) is 16.6. The van der Waals surface area contributed by atoms with E-state index in [1.54, 1.807) is 24.3 Å². The molecule has 2 aromatic carbocycles. The summed E-state index contributed by atoms with van der Waals surface area (Å²) in [6.45, 7) is 2.95. The van der Waals surface area contributed by atoms with Gasteiger partial charge >= 0.3 is 0 Å². The molecule has 0 aliphatic rings. The maximum atomic E-state index is 12.3. The van der Waals surface area contributed by atoms with Crippen molar-refractivity contribution in [3.63, 3.8) is 0 Å². The van der Waals surface area contributed by atoms with Gasteiger partial charge in [0.15, 0.2) is 0 Å². The van der Waals surface area contributed by atoms with Crippen LogP contribution in [-0.4, -0.2) is 21.8 Å². The molecule has 0 saturated carbocycles. The third kappa shape index (κ3) is 4.81. The van der Waals surface area contributed by atoms with E-state index in [2.05, 4.69) is 10.3 Å². The zero-order chi connectivity index (χ0) is 20.9. The summed E-state index contributed by atoms with van der Waals surface area (Å²) in [5, 5.41) is 3.63. The van der Waals surface area contributed by atoms with Gasteiger partial charge in [-0.25, -0.2) is 4.98 Å². The van der Waals surface area contributed by atoms with Gasteiger partial charge in [0.05, 0.1) is 5.69 Å². The first-order valence-electron chi connectivity index (χ1n) is 9.77. The quantitative estimate of drug-likeness (QED) is 0.466. The Kier molecular flexibility index (Phi) is 6.00. The van der Waals surface area contributed by atoms with Crippen LogP contribution >= 0.6 is 11.6 Å². The summed E-state index contributed by atoms with van der Waals surface area (Å²) in [6.07, 6.45) is 4.66. The number of nitrogens with zero attached hydrogens (tertiary/aromatic N) is 2. The standard InChI is InChI=1S/C24H22ClN3O2/c1-17-4-3-13-28-15-21(27-23(17)28)16-30-22-9-7-19(8-10-22)24(29)26-12-11-18-5-2-6-20(25)14-18/h2-10,13-15H,11-12,16H2,1H3,(H,26,29). The van der Waals surface area contributed by atoms with Crippen LogP contribution in [0.4, 0.5) is 0 Å². The predicted octanol–water partition coefficient (Wildman–Crippen LogP) is 4.85. The molecule has 6 heteroatoms. The van der Waals surface area contributed by atoms with Crippen molar-refractivity contribution in [2.45, 2.75) is 20.0 Å². The molecule has 30 heavy (non-hydrogen) atoms. The highest BCUT2D eigenvalue weighted by atomic mass is 35.5. The number of aromatic nitrogens is 2. The fourth-order valence-corrected chi connectivity index (χ4v) is 3.46. The van der Waals surface area contributed by atoms with Gasteiger partial charge in [0.2, 0.25) is 0 Å². The number of carbonyl (C=O) groups is 1. The Hall–Kier alpha value is -3.31. The minimum absolute atomic E-state index is 0.112. The van der Waals surface area contributed by atoms with E-state index in [4.69, 9.17) is 16.3 Å². The molecule has 0 fully saturated rings. The van der Waals surface area contributed by atoms with Crippen molar-refractivity contribution < 1.29 is 9.53 Å². The van der Waals surface area contributed by atoms with E-state index in [0.29, 0.717) is 29.5 Å². The first-order valence-corrected chi connectivity index (χ1v) is 10.1. The summed E-state index contributed by atoms with van der Waals surface area (Å²) >= 11 is 5.98. The third-order valence-electron chi connectivity index (χ3n) is 4.82. The Morgan fingerprint density at radius 1 is 1.13 bits per heavy atom. The van der Waals surface area contributed by atoms with Crippen LogP contribution < -0.4 is 10.1 Å². The summed E-state index contributed by atoms with van der Waals surface area (Å²) in [7, 11) is 0. The first kappa shape index (κ1) is 20.0. The molecule has 0 aliphatic carbocycles. The number of halogens is 1. The summed E-state index contributed by atoms with van der Waals surface area (Å²) < 4.78 is 7.82. The average molecular weight is 420 g/mol. The summed E-state index contributed by atoms with van der Waals surface area (Å²) in [4.78, 5) is 16.9. The highest BCUT2D eigenvalue weighted by Gasteiger charge is 2.07. The molecule has 2 aromatic heterocycles. The van der Waals surface area contributed by atoms with E-state index in [9.17, 15) is 4.79 Å². The smallest absolute Gasteiger partial charge is 0.251 e. The van der Waals surface area contributed by atoms with Gasteiger partial charge in [-0.05, 0) is 66.9 Å². The van der Waals surface area contributed by atoms with Crippen molar-refractivity contribution in [3.8, 4) is 5.75 Å². The second-order valence-electron chi connectivity index (χ2n) is 7.10. The SMILES string of the molecule is Cc1cccn2cc(COc3ccc(C(=O)NCCc4cccc(Cl)c4)cc3)nc12. The molecule has 4 rings (SSSR count). The molecule has 5 nitrogen and oxygen atoms in total. The van der Waals surface area contributed by atoms with Gasteiger partial charge in [0.1, 0.15) is 18.0 Å². The number of hydrogen-bond donors (Lipinski definition) is 1. The molecule has 0 atom stereocenters. The minimum atomic E-state index is -0.112. The number of nitrogens with one attached hydrogen (secondary N) is 1. The first-order chi connectivity index (χ1) is 14.6. The number of pyridine rings is 1. The number of rotatable bonds is 7. The summed E-state index contributed by atoms with van der Waals surface area (Å²) in [5.41, 5.74) is 4.59. The van der Waals surface area contributed by atoms with E-state index < -0.39 is 0 Å². The van der Waals surface area contributed by atoms with Gasteiger partial charge in [-0.15, -0.1) is 0 Å². The van der Waals surface area contributed by atoms with E-state index in [1.807, 2.05) is 60.1 Å². The Bertz CT molecular complexity index is 1170. The Balaban J connectivity index is 1.29. The lowest BCUT2D eigenvalue weighted by Crippen LogP contribution is -2.25. The van der Waals surface area contributed by atoms with Crippen LogP contribution in [0.3, 0.4) is 0 Å². The van der Waals surface area contributed by atoms with Gasteiger partial charge in [-0.3, -0.25) is 4.79 Å². The molecule has 0 aliphatic heterocycles. The maximum absolute atomic E-state index is 12.3. The molecular formula is C24H22ClN3O2. The lowest BCUT2D eigenvalue weighted by Gasteiger charge is -2.07. The Labute approximate surface area is 180 Å². The molecule has 0 unspecified atom stereocenters. The number of carbonyl (C=O) groups excluding carboxylic acids is 1. The molecule has 0 spiro atoms. The van der Waals surface area contributed by atoms with Crippen molar-refractivity contribution in [2.75, 3.05) is 6.54 Å². The predicted molar refractivity (Wildman–Crippen MR) is 118 cm³/mol. The second-order valence-corrected chi connectivity index (χ2v) is 7.54. The van der Waals surface area contributed by atoms with E-state index in [-0.39, 0.29) is 5.91 Å². The van der Waals surface area contributed by atoms with Gasteiger partial charge in [-0.1, -0.05) is 29.8 Å². The van der Waals surface area contributed by atoms with Crippen molar-refractivity contribution >= 4 is 23.2 Å². The van der Waals surface area contributed by atoms with Crippen LogP contribution in [0.15, 0.2) is 73.1 Å². The molecule has 4 aromatic rings. The van der Waals surface area contributed by atoms with E-state index in [1.165, 1.54) is 0 Å². The number of hydrogen-bond acceptors (Lipinski definition) is 3. The van der Waals surface area contributed by atoms with Crippen molar-refractivity contribution in [1.82, 2.24) is 14.7 Å². The minimum Gasteiger partial charge on any atom is -0.487 e. The van der Waals surface area contributed by atoms with Gasteiger partial charge in [0, 0.05) is 29.5 Å². The Morgan fingerprint density at radius 2 is 1.97 bits per heavy atom. The fraction of sp³-hybridized carbons (Fsp3) is 0.167. The normalized spacial score (nSPS) is 10.9. The average Bonchev–Trinajstić information content (AvgIpc) is 3.17. The molecule has 0 saturated heterocycles. The van der Waals surface area contributed by atoms with Crippen LogP contribution in [0.2, 0.25) is 5.02 Å². The monoisotopic (exact) mass is 419 g/mol. The summed E-state index contributed by atoms with van der Waals surface area (Å²) in [5.74, 6) is 0.582. The molecule has 2 heterocycles. The lowest BCUT2D eigenvalue weighted by molar-refractivity contribution is 0.0954. The number of ether oxygens (including phenoxy) is 1. The van der Waals surface area contributed by atoms with Crippen LogP contribution in [0.5, 0.6) is 5.75 Å². The highest BCUT2D eigenvalue weighted by molar-refractivity contribution is 6.30. The number of amides is 1. The Morgan fingerprint density at radius 3 is 2.73 bits per heavy atom. The van der Waals surface area contributed by atoms with E-state index >= 15 is 0 Å². The largest absolute Gasteiger partial charge is 0.487 e. The molecule has 1 N–H and O–H groups in total. The number of aryl methyl sites for hydroxylation is 1. The van der Waals surface area contributed by atoms with Gasteiger partial charge in [0.25, 0.3) is 5.91 Å². The van der Waals surface area contributed by atoms with Gasteiger partial charge in [-0.2, -0.15) is 0 Å². The molecule has 1 amide bonds. The second kappa shape index (κ2) is 9.01. The molecule has 0 radical (unpaired) electrons. The van der Waals surface area contributed by atoms with Gasteiger partial charge < -0.3 is 14.5 Å². The van der Waals surface area contributed by atoms with Crippen molar-refractivity contribution in [3.05, 3.63) is 100 Å². The zero-order valence-corrected chi connectivity index (χ0v) is 17.4. The maximum Gasteiger partial charge on any atom is 0.251 e.